The van der Waals surface area contributed by atoms with Crippen LogP contribution in [-0.2, 0) is 19.4 Å². The van der Waals surface area contributed by atoms with Crippen molar-refractivity contribution in [2.24, 2.45) is 0 Å². The molecule has 0 saturated heterocycles. The number of aromatic nitrogens is 2. The first kappa shape index (κ1) is 14.9. The maximum Gasteiger partial charge on any atom is 0.260 e. The van der Waals surface area contributed by atoms with E-state index in [1.807, 2.05) is 6.07 Å². The van der Waals surface area contributed by atoms with Gasteiger partial charge in [-0.25, -0.2) is 4.98 Å². The smallest absolute Gasteiger partial charge is 0.260 e. The minimum absolute atomic E-state index is 0.0911. The van der Waals surface area contributed by atoms with Gasteiger partial charge in [0.2, 0.25) is 0 Å². The Morgan fingerprint density at radius 2 is 2.12 bits per heavy atom. The van der Waals surface area contributed by atoms with E-state index in [-0.39, 0.29) is 12.2 Å². The van der Waals surface area contributed by atoms with Crippen LogP contribution in [0.4, 0.5) is 0 Å². The molecular weight excluding hydrogens is 322 g/mol. The van der Waals surface area contributed by atoms with E-state index in [0.717, 1.165) is 29.5 Å². The number of nitrogens with one attached hydrogen (secondary N) is 1. The van der Waals surface area contributed by atoms with Crippen molar-refractivity contribution in [1.82, 2.24) is 9.97 Å². The van der Waals surface area contributed by atoms with Gasteiger partial charge in [-0.3, -0.25) is 4.79 Å². The molecule has 0 atom stereocenters. The monoisotopic (exact) mass is 337 g/mol. The molecule has 0 aliphatic heterocycles. The van der Waals surface area contributed by atoms with Crippen LogP contribution in [0.2, 0.25) is 0 Å². The largest absolute Gasteiger partial charge is 0.484 e. The Morgan fingerprint density at radius 1 is 1.29 bits per heavy atom. The highest BCUT2D eigenvalue weighted by Gasteiger charge is 2.19. The lowest BCUT2D eigenvalue weighted by atomic mass is 9.97. The molecule has 24 heavy (non-hydrogen) atoms. The number of aryl methyl sites for hydroxylation is 2. The van der Waals surface area contributed by atoms with Gasteiger partial charge in [0.25, 0.3) is 5.56 Å². The van der Waals surface area contributed by atoms with Gasteiger partial charge < -0.3 is 9.72 Å². The average molecular weight is 337 g/mol. The second-order valence-corrected chi connectivity index (χ2v) is 6.88. The van der Waals surface area contributed by atoms with Crippen LogP contribution in [0.1, 0.15) is 34.7 Å². The molecule has 0 radical (unpaired) electrons. The van der Waals surface area contributed by atoms with E-state index >= 15 is 0 Å². The molecule has 5 nitrogen and oxygen atoms in total. The van der Waals surface area contributed by atoms with Crippen molar-refractivity contribution in [1.29, 1.82) is 5.26 Å². The standard InChI is InChI=1S/C18H15N3O2S/c19-9-11-5-1-3-7-13(11)23-10-15-20-17(22)16-12-6-2-4-8-14(12)24-18(16)21-15/h1,3,5,7H,2,4,6,8,10H2,(H,20,21,22). The predicted molar refractivity (Wildman–Crippen MR) is 92.4 cm³/mol. The maximum atomic E-state index is 12.5. The molecule has 6 heteroatoms. The van der Waals surface area contributed by atoms with E-state index in [2.05, 4.69) is 16.0 Å². The number of aromatic amines is 1. The third-order valence-corrected chi connectivity index (χ3v) is 5.43. The van der Waals surface area contributed by atoms with Crippen LogP contribution >= 0.6 is 11.3 Å². The molecule has 120 valence electrons. The number of nitriles is 1. The number of benzene rings is 1. The maximum absolute atomic E-state index is 12.5. The molecule has 0 spiro atoms. The molecule has 1 N–H and O–H groups in total. The van der Waals surface area contributed by atoms with Crippen molar-refractivity contribution in [2.45, 2.75) is 32.3 Å². The van der Waals surface area contributed by atoms with Gasteiger partial charge in [0.1, 0.15) is 29.1 Å². The van der Waals surface area contributed by atoms with E-state index < -0.39 is 0 Å². The molecule has 4 rings (SSSR count). The Balaban J connectivity index is 1.66. The van der Waals surface area contributed by atoms with Gasteiger partial charge >= 0.3 is 0 Å². The van der Waals surface area contributed by atoms with Gasteiger partial charge in [-0.15, -0.1) is 11.3 Å². The summed E-state index contributed by atoms with van der Waals surface area (Å²) in [6.07, 6.45) is 4.31. The van der Waals surface area contributed by atoms with E-state index in [9.17, 15) is 4.79 Å². The first-order valence-corrected chi connectivity index (χ1v) is 8.73. The summed E-state index contributed by atoms with van der Waals surface area (Å²) < 4.78 is 5.67. The molecular formula is C18H15N3O2S. The zero-order valence-electron chi connectivity index (χ0n) is 13.0. The highest BCUT2D eigenvalue weighted by molar-refractivity contribution is 7.18. The minimum Gasteiger partial charge on any atom is -0.484 e. The molecule has 0 fully saturated rings. The fraction of sp³-hybridized carbons (Fsp3) is 0.278. The van der Waals surface area contributed by atoms with Crippen molar-refractivity contribution in [2.75, 3.05) is 0 Å². The highest BCUT2D eigenvalue weighted by atomic mass is 32.1. The average Bonchev–Trinajstić information content (AvgIpc) is 2.99. The summed E-state index contributed by atoms with van der Waals surface area (Å²) in [5.41, 5.74) is 1.55. The second-order valence-electron chi connectivity index (χ2n) is 5.80. The summed E-state index contributed by atoms with van der Waals surface area (Å²) >= 11 is 1.62. The van der Waals surface area contributed by atoms with E-state index in [1.165, 1.54) is 16.9 Å². The van der Waals surface area contributed by atoms with Gasteiger partial charge in [0, 0.05) is 4.88 Å². The first-order valence-electron chi connectivity index (χ1n) is 7.91. The summed E-state index contributed by atoms with van der Waals surface area (Å²) in [5, 5.41) is 9.84. The number of fused-ring (bicyclic) bond motifs is 3. The van der Waals surface area contributed by atoms with E-state index in [4.69, 9.17) is 10.00 Å². The number of hydrogen-bond acceptors (Lipinski definition) is 5. The molecule has 3 aromatic rings. The minimum atomic E-state index is -0.0911. The first-order chi connectivity index (χ1) is 11.8. The highest BCUT2D eigenvalue weighted by Crippen LogP contribution is 2.33. The van der Waals surface area contributed by atoms with Crippen LogP contribution in [-0.4, -0.2) is 9.97 Å². The number of para-hydroxylation sites is 1. The molecule has 2 aromatic heterocycles. The number of ether oxygens (including phenoxy) is 1. The molecule has 2 heterocycles. The van der Waals surface area contributed by atoms with Crippen LogP contribution in [0.5, 0.6) is 5.75 Å². The fourth-order valence-corrected chi connectivity index (χ4v) is 4.39. The number of hydrogen-bond donors (Lipinski definition) is 1. The summed E-state index contributed by atoms with van der Waals surface area (Å²) in [4.78, 5) is 21.9. The molecule has 0 saturated carbocycles. The summed E-state index contributed by atoms with van der Waals surface area (Å²) in [5.74, 6) is 0.979. The lowest BCUT2D eigenvalue weighted by Crippen LogP contribution is -2.14. The predicted octanol–water partition coefficient (Wildman–Crippen LogP) is 3.31. The SMILES string of the molecule is N#Cc1ccccc1OCc1nc2sc3c(c2c(=O)[nH]1)CCCC3. The quantitative estimate of drug-likeness (QED) is 0.795. The third kappa shape index (κ3) is 2.57. The Hall–Kier alpha value is -2.65. The molecule has 1 aliphatic rings. The third-order valence-electron chi connectivity index (χ3n) is 4.25. The fourth-order valence-electron chi connectivity index (χ4n) is 3.11. The van der Waals surface area contributed by atoms with Gasteiger partial charge in [-0.2, -0.15) is 5.26 Å². The van der Waals surface area contributed by atoms with E-state index in [0.29, 0.717) is 17.1 Å². The van der Waals surface area contributed by atoms with Crippen molar-refractivity contribution < 1.29 is 4.74 Å². The zero-order valence-corrected chi connectivity index (χ0v) is 13.8. The van der Waals surface area contributed by atoms with Crippen LogP contribution < -0.4 is 10.3 Å². The Bertz CT molecular complexity index is 1010. The van der Waals surface area contributed by atoms with Crippen molar-refractivity contribution >= 4 is 21.6 Å². The normalized spacial score (nSPS) is 13.5. The molecule has 1 aromatic carbocycles. The number of thiophene rings is 1. The van der Waals surface area contributed by atoms with Crippen molar-refractivity contribution in [3.05, 3.63) is 56.4 Å². The van der Waals surface area contributed by atoms with Crippen LogP contribution in [0.25, 0.3) is 10.2 Å². The van der Waals surface area contributed by atoms with Gasteiger partial charge in [0.15, 0.2) is 0 Å². The lowest BCUT2D eigenvalue weighted by Gasteiger charge is -2.09. The molecule has 0 unspecified atom stereocenters. The van der Waals surface area contributed by atoms with Crippen molar-refractivity contribution in [3.8, 4) is 11.8 Å². The van der Waals surface area contributed by atoms with Crippen LogP contribution in [0.3, 0.4) is 0 Å². The van der Waals surface area contributed by atoms with Gasteiger partial charge in [-0.1, -0.05) is 12.1 Å². The summed E-state index contributed by atoms with van der Waals surface area (Å²) in [6.45, 7) is 0.131. The van der Waals surface area contributed by atoms with Crippen LogP contribution in [0.15, 0.2) is 29.1 Å². The number of rotatable bonds is 3. The molecule has 0 amide bonds. The van der Waals surface area contributed by atoms with Crippen molar-refractivity contribution in [3.63, 3.8) is 0 Å². The number of H-pyrrole nitrogens is 1. The summed E-state index contributed by atoms with van der Waals surface area (Å²) in [7, 11) is 0. The Kier molecular flexibility index (Phi) is 3.79. The molecule has 0 bridgehead atoms. The lowest BCUT2D eigenvalue weighted by molar-refractivity contribution is 0.295. The van der Waals surface area contributed by atoms with Gasteiger partial charge in [0.05, 0.1) is 10.9 Å². The zero-order chi connectivity index (χ0) is 16.5. The summed E-state index contributed by atoms with van der Waals surface area (Å²) in [6, 6.07) is 9.12. The topological polar surface area (TPSA) is 78.8 Å². The van der Waals surface area contributed by atoms with E-state index in [1.54, 1.807) is 29.5 Å². The second kappa shape index (κ2) is 6.10. The Morgan fingerprint density at radius 3 is 3.00 bits per heavy atom. The number of nitrogens with zero attached hydrogens (tertiary/aromatic N) is 2. The molecule has 1 aliphatic carbocycles. The Labute approximate surface area is 142 Å². The van der Waals surface area contributed by atoms with Crippen LogP contribution in [0, 0.1) is 11.3 Å². The van der Waals surface area contributed by atoms with Gasteiger partial charge in [-0.05, 0) is 43.4 Å².